The fourth-order valence-corrected chi connectivity index (χ4v) is 2.80. The summed E-state index contributed by atoms with van der Waals surface area (Å²) in [6.07, 6.45) is 11.3. The molecule has 2 saturated carbocycles. The van der Waals surface area contributed by atoms with Crippen LogP contribution in [0.3, 0.4) is 0 Å². The van der Waals surface area contributed by atoms with Crippen molar-refractivity contribution in [2.45, 2.75) is 63.5 Å². The Bertz CT molecular complexity index is 145. The lowest BCUT2D eigenvalue weighted by atomic mass is 9.90. The van der Waals surface area contributed by atoms with Crippen molar-refractivity contribution >= 4 is 0 Å². The van der Waals surface area contributed by atoms with Crippen molar-refractivity contribution < 1.29 is 0 Å². The molecule has 2 aliphatic carbocycles. The molecule has 0 aromatic rings. The van der Waals surface area contributed by atoms with Gasteiger partial charge in [-0.25, -0.2) is 0 Å². The topological polar surface area (TPSA) is 3.24 Å². The molecule has 0 N–H and O–H groups in total. The quantitative estimate of drug-likeness (QED) is 0.643. The van der Waals surface area contributed by atoms with Gasteiger partial charge in [-0.05, 0) is 38.6 Å². The predicted octanol–water partition coefficient (Wildman–Crippen LogP) is 3.01. The maximum absolute atomic E-state index is 4.00. The third-order valence-corrected chi connectivity index (χ3v) is 3.75. The highest BCUT2D eigenvalue weighted by Gasteiger charge is 2.31. The van der Waals surface area contributed by atoms with E-state index in [-0.39, 0.29) is 0 Å². The fraction of sp³-hybridized carbons (Fsp3) is 0.917. The van der Waals surface area contributed by atoms with Gasteiger partial charge in [0.1, 0.15) is 0 Å². The van der Waals surface area contributed by atoms with Crippen LogP contribution < -0.4 is 0 Å². The summed E-state index contributed by atoms with van der Waals surface area (Å²) in [5.74, 6) is 0. The third-order valence-electron chi connectivity index (χ3n) is 3.75. The van der Waals surface area contributed by atoms with Crippen LogP contribution in [0.25, 0.3) is 0 Å². The van der Waals surface area contributed by atoms with Crippen molar-refractivity contribution in [1.82, 2.24) is 4.90 Å². The fourth-order valence-electron chi connectivity index (χ4n) is 2.80. The predicted molar refractivity (Wildman–Crippen MR) is 56.6 cm³/mol. The summed E-state index contributed by atoms with van der Waals surface area (Å²) >= 11 is 0. The molecule has 13 heavy (non-hydrogen) atoms. The van der Waals surface area contributed by atoms with E-state index in [1.807, 2.05) is 0 Å². The molecule has 1 nitrogen and oxygen atoms in total. The van der Waals surface area contributed by atoms with Gasteiger partial charge in [-0.3, -0.25) is 4.90 Å². The van der Waals surface area contributed by atoms with Gasteiger partial charge in [-0.2, -0.15) is 0 Å². The molecule has 1 heteroatoms. The Balaban J connectivity index is 1.86. The second kappa shape index (κ2) is 4.45. The minimum Gasteiger partial charge on any atom is -0.297 e. The Hall–Kier alpha value is -0.0400. The summed E-state index contributed by atoms with van der Waals surface area (Å²) in [5.41, 5.74) is 0. The van der Waals surface area contributed by atoms with Crippen LogP contribution in [-0.2, 0) is 0 Å². The Morgan fingerprint density at radius 2 is 1.46 bits per heavy atom. The van der Waals surface area contributed by atoms with Crippen molar-refractivity contribution in [3.8, 4) is 0 Å². The molecule has 0 saturated heterocycles. The molecule has 0 bridgehead atoms. The van der Waals surface area contributed by atoms with Gasteiger partial charge >= 0.3 is 0 Å². The van der Waals surface area contributed by atoms with Crippen LogP contribution >= 0.6 is 0 Å². The molecule has 1 radical (unpaired) electrons. The minimum atomic E-state index is 0.923. The largest absolute Gasteiger partial charge is 0.297 e. The first-order chi connectivity index (χ1) is 6.42. The van der Waals surface area contributed by atoms with Crippen LogP contribution in [0.15, 0.2) is 0 Å². The molecule has 0 unspecified atom stereocenters. The molecule has 2 fully saturated rings. The average Bonchev–Trinajstić information content (AvgIpc) is 2.51. The number of nitrogens with zero attached hydrogens (tertiary/aromatic N) is 1. The van der Waals surface area contributed by atoms with Crippen LogP contribution in [0.5, 0.6) is 0 Å². The lowest BCUT2D eigenvalue weighted by molar-refractivity contribution is 0.0832. The second-order valence-electron chi connectivity index (χ2n) is 4.61. The first-order valence-electron chi connectivity index (χ1n) is 5.97. The smallest absolute Gasteiger partial charge is 0.00982 e. The van der Waals surface area contributed by atoms with Gasteiger partial charge in [-0.15, -0.1) is 0 Å². The number of rotatable bonds is 4. The number of hydrogen-bond acceptors (Lipinski definition) is 1. The summed E-state index contributed by atoms with van der Waals surface area (Å²) in [5, 5.41) is 0. The molecule has 75 valence electrons. The average molecular weight is 180 g/mol. The van der Waals surface area contributed by atoms with Crippen LogP contribution in [0, 0.1) is 6.92 Å². The van der Waals surface area contributed by atoms with E-state index in [4.69, 9.17) is 0 Å². The number of hydrogen-bond donors (Lipinski definition) is 0. The van der Waals surface area contributed by atoms with E-state index in [1.165, 1.54) is 51.5 Å². The van der Waals surface area contributed by atoms with Crippen LogP contribution in [-0.4, -0.2) is 23.5 Å². The van der Waals surface area contributed by atoms with Crippen LogP contribution in [0.1, 0.15) is 51.4 Å². The minimum absolute atomic E-state index is 0.923. The van der Waals surface area contributed by atoms with E-state index in [9.17, 15) is 0 Å². The molecule has 0 atom stereocenters. The van der Waals surface area contributed by atoms with E-state index >= 15 is 0 Å². The third kappa shape index (κ3) is 2.07. The van der Waals surface area contributed by atoms with Crippen molar-refractivity contribution in [2.75, 3.05) is 6.54 Å². The Kier molecular flexibility index (Phi) is 3.26. The molecule has 0 aromatic heterocycles. The van der Waals surface area contributed by atoms with Gasteiger partial charge in [0.25, 0.3) is 0 Å². The van der Waals surface area contributed by atoms with Crippen molar-refractivity contribution in [3.63, 3.8) is 0 Å². The van der Waals surface area contributed by atoms with Gasteiger partial charge in [0.2, 0.25) is 0 Å². The summed E-state index contributed by atoms with van der Waals surface area (Å²) in [6.45, 7) is 5.24. The summed E-state index contributed by atoms with van der Waals surface area (Å²) in [6, 6.07) is 1.86. The summed E-state index contributed by atoms with van der Waals surface area (Å²) in [7, 11) is 0. The monoisotopic (exact) mass is 180 g/mol. The lowest BCUT2D eigenvalue weighted by Gasteiger charge is -2.41. The van der Waals surface area contributed by atoms with Gasteiger partial charge in [-0.1, -0.05) is 26.2 Å². The Labute approximate surface area is 82.5 Å². The summed E-state index contributed by atoms with van der Waals surface area (Å²) < 4.78 is 0. The van der Waals surface area contributed by atoms with Crippen molar-refractivity contribution in [2.24, 2.45) is 0 Å². The van der Waals surface area contributed by atoms with Gasteiger partial charge < -0.3 is 0 Å². The maximum atomic E-state index is 4.00. The molecule has 0 heterocycles. The van der Waals surface area contributed by atoms with E-state index in [0.29, 0.717) is 0 Å². The van der Waals surface area contributed by atoms with Gasteiger partial charge in [0.05, 0.1) is 0 Å². The highest BCUT2D eigenvalue weighted by Crippen LogP contribution is 2.32. The Morgan fingerprint density at radius 1 is 0.923 bits per heavy atom. The zero-order chi connectivity index (χ0) is 9.10. The normalized spacial score (nSPS) is 25.4. The summed E-state index contributed by atoms with van der Waals surface area (Å²) in [4.78, 5) is 2.77. The van der Waals surface area contributed by atoms with Crippen molar-refractivity contribution in [1.29, 1.82) is 0 Å². The molecular weight excluding hydrogens is 158 g/mol. The standard InChI is InChI=1S/C12H22N/c1-2-10-13(12-8-5-9-12)11-6-3-4-7-11/h11-12H,1-10H2. The second-order valence-corrected chi connectivity index (χ2v) is 4.61. The van der Waals surface area contributed by atoms with E-state index in [2.05, 4.69) is 11.8 Å². The molecule has 0 aromatic carbocycles. The zero-order valence-electron chi connectivity index (χ0n) is 8.67. The van der Waals surface area contributed by atoms with Crippen LogP contribution in [0.2, 0.25) is 0 Å². The lowest BCUT2D eigenvalue weighted by Crippen LogP contribution is -2.46. The first-order valence-corrected chi connectivity index (χ1v) is 5.97. The SMILES string of the molecule is [CH2]CCN(C1CCCC1)C1CCC1. The van der Waals surface area contributed by atoms with E-state index in [1.54, 1.807) is 0 Å². The Morgan fingerprint density at radius 3 is 1.85 bits per heavy atom. The highest BCUT2D eigenvalue weighted by atomic mass is 15.2. The van der Waals surface area contributed by atoms with Gasteiger partial charge in [0, 0.05) is 12.1 Å². The maximum Gasteiger partial charge on any atom is 0.00982 e. The molecule has 0 amide bonds. The molecule has 0 aliphatic heterocycles. The highest BCUT2D eigenvalue weighted by molar-refractivity contribution is 4.87. The van der Waals surface area contributed by atoms with Gasteiger partial charge in [0.15, 0.2) is 0 Å². The van der Waals surface area contributed by atoms with Crippen LogP contribution in [0.4, 0.5) is 0 Å². The van der Waals surface area contributed by atoms with E-state index < -0.39 is 0 Å². The van der Waals surface area contributed by atoms with Crippen molar-refractivity contribution in [3.05, 3.63) is 6.92 Å². The first kappa shape index (κ1) is 9.51. The molecule has 2 aliphatic rings. The molecule has 2 rings (SSSR count). The zero-order valence-corrected chi connectivity index (χ0v) is 8.67. The molecular formula is C12H22N. The van der Waals surface area contributed by atoms with E-state index in [0.717, 1.165) is 18.5 Å². The molecule has 0 spiro atoms.